The molecular formula is C8H5Cl3. The quantitative estimate of drug-likeness (QED) is 0.570. The Labute approximate surface area is 80.1 Å². The van der Waals surface area contributed by atoms with Crippen LogP contribution in [0.1, 0.15) is 16.5 Å². The Hall–Kier alpha value is 0.0900. The average molecular weight is 207 g/mol. The zero-order chi connectivity index (χ0) is 8.06. The van der Waals surface area contributed by atoms with Crippen LogP contribution in [0.25, 0.3) is 0 Å². The fourth-order valence-corrected chi connectivity index (χ4v) is 2.16. The lowest BCUT2D eigenvalue weighted by Crippen LogP contribution is -2.30. The molecule has 58 valence electrons. The number of halogens is 3. The molecule has 11 heavy (non-hydrogen) atoms. The number of alkyl halides is 3. The van der Waals surface area contributed by atoms with E-state index >= 15 is 0 Å². The smallest absolute Gasteiger partial charge is 0.114 e. The van der Waals surface area contributed by atoms with Gasteiger partial charge in [-0.2, -0.15) is 0 Å². The van der Waals surface area contributed by atoms with E-state index in [2.05, 4.69) is 0 Å². The van der Waals surface area contributed by atoms with Gasteiger partial charge in [0.05, 0.1) is 5.38 Å². The van der Waals surface area contributed by atoms with Gasteiger partial charge >= 0.3 is 0 Å². The topological polar surface area (TPSA) is 0 Å². The summed E-state index contributed by atoms with van der Waals surface area (Å²) in [6.07, 6.45) is 0. The lowest BCUT2D eigenvalue weighted by molar-refractivity contribution is 0.698. The van der Waals surface area contributed by atoms with Crippen LogP contribution in [-0.2, 0) is 4.33 Å². The van der Waals surface area contributed by atoms with E-state index in [-0.39, 0.29) is 5.38 Å². The molecular weight excluding hydrogens is 202 g/mol. The molecule has 0 N–H and O–H groups in total. The fraction of sp³-hybridized carbons (Fsp3) is 0.250. The Morgan fingerprint density at radius 2 is 1.82 bits per heavy atom. The second kappa shape index (κ2) is 2.29. The highest BCUT2D eigenvalue weighted by Gasteiger charge is 2.48. The molecule has 1 aromatic carbocycles. The van der Waals surface area contributed by atoms with Crippen LogP contribution in [0.4, 0.5) is 0 Å². The predicted molar refractivity (Wildman–Crippen MR) is 48.4 cm³/mol. The summed E-state index contributed by atoms with van der Waals surface area (Å²) in [5.41, 5.74) is 1.97. The predicted octanol–water partition coefficient (Wildman–Crippen LogP) is 3.61. The first-order chi connectivity index (χ1) is 5.14. The van der Waals surface area contributed by atoms with Crippen molar-refractivity contribution in [2.75, 3.05) is 0 Å². The maximum atomic E-state index is 5.92. The van der Waals surface area contributed by atoms with Gasteiger partial charge in [0.25, 0.3) is 0 Å². The van der Waals surface area contributed by atoms with Crippen LogP contribution < -0.4 is 0 Å². The number of hydrogen-bond donors (Lipinski definition) is 0. The van der Waals surface area contributed by atoms with Crippen LogP contribution in [0.2, 0.25) is 0 Å². The van der Waals surface area contributed by atoms with Crippen molar-refractivity contribution < 1.29 is 0 Å². The van der Waals surface area contributed by atoms with Gasteiger partial charge in [-0.3, -0.25) is 0 Å². The summed E-state index contributed by atoms with van der Waals surface area (Å²) < 4.78 is -0.877. The van der Waals surface area contributed by atoms with Crippen molar-refractivity contribution >= 4 is 34.8 Å². The molecule has 1 aliphatic rings. The Balaban J connectivity index is 2.56. The summed E-state index contributed by atoms with van der Waals surface area (Å²) >= 11 is 17.7. The number of fused-ring (bicyclic) bond motifs is 1. The van der Waals surface area contributed by atoms with E-state index in [1.165, 1.54) is 0 Å². The normalized spacial score (nSPS) is 25.5. The van der Waals surface area contributed by atoms with E-state index in [9.17, 15) is 0 Å². The van der Waals surface area contributed by atoms with Crippen molar-refractivity contribution in [3.63, 3.8) is 0 Å². The van der Waals surface area contributed by atoms with Crippen molar-refractivity contribution in [1.82, 2.24) is 0 Å². The van der Waals surface area contributed by atoms with E-state index in [0.717, 1.165) is 11.1 Å². The number of rotatable bonds is 0. The summed E-state index contributed by atoms with van der Waals surface area (Å²) in [5, 5.41) is -0.262. The number of benzene rings is 1. The first kappa shape index (κ1) is 7.72. The minimum atomic E-state index is -0.877. The zero-order valence-corrected chi connectivity index (χ0v) is 7.79. The lowest BCUT2D eigenvalue weighted by Gasteiger charge is -2.38. The van der Waals surface area contributed by atoms with E-state index in [4.69, 9.17) is 34.8 Å². The molecule has 0 saturated heterocycles. The summed E-state index contributed by atoms with van der Waals surface area (Å²) in [7, 11) is 0. The van der Waals surface area contributed by atoms with Gasteiger partial charge in [0.15, 0.2) is 4.33 Å². The lowest BCUT2D eigenvalue weighted by atomic mass is 9.87. The zero-order valence-electron chi connectivity index (χ0n) is 5.52. The highest BCUT2D eigenvalue weighted by molar-refractivity contribution is 6.53. The SMILES string of the molecule is ClC1c2ccccc2C1(Cl)Cl. The molecule has 1 atom stereocenters. The van der Waals surface area contributed by atoms with E-state index < -0.39 is 4.33 Å². The first-order valence-corrected chi connectivity index (χ1v) is 4.44. The molecule has 0 aromatic heterocycles. The molecule has 3 heteroatoms. The summed E-state index contributed by atoms with van der Waals surface area (Å²) in [6, 6.07) is 7.67. The summed E-state index contributed by atoms with van der Waals surface area (Å²) in [5.74, 6) is 0. The first-order valence-electron chi connectivity index (χ1n) is 3.25. The largest absolute Gasteiger partial charge is 0.163 e. The molecule has 0 saturated carbocycles. The van der Waals surface area contributed by atoms with Crippen molar-refractivity contribution in [3.8, 4) is 0 Å². The van der Waals surface area contributed by atoms with Gasteiger partial charge in [0.2, 0.25) is 0 Å². The fourth-order valence-electron chi connectivity index (χ4n) is 1.28. The van der Waals surface area contributed by atoms with Crippen LogP contribution in [0, 0.1) is 0 Å². The van der Waals surface area contributed by atoms with Gasteiger partial charge in [-0.15, -0.1) is 11.6 Å². The second-order valence-corrected chi connectivity index (χ2v) is 4.40. The molecule has 0 aliphatic heterocycles. The maximum Gasteiger partial charge on any atom is 0.163 e. The van der Waals surface area contributed by atoms with Crippen LogP contribution in [0.15, 0.2) is 24.3 Å². The van der Waals surface area contributed by atoms with Gasteiger partial charge in [0.1, 0.15) is 0 Å². The molecule has 1 unspecified atom stereocenters. The highest BCUT2D eigenvalue weighted by Crippen LogP contribution is 2.59. The molecule has 0 bridgehead atoms. The Morgan fingerprint density at radius 3 is 2.45 bits per heavy atom. The summed E-state index contributed by atoms with van der Waals surface area (Å²) in [4.78, 5) is 0. The van der Waals surface area contributed by atoms with Gasteiger partial charge in [0, 0.05) is 0 Å². The Morgan fingerprint density at radius 1 is 1.18 bits per heavy atom. The molecule has 0 radical (unpaired) electrons. The monoisotopic (exact) mass is 206 g/mol. The number of hydrogen-bond acceptors (Lipinski definition) is 0. The minimum absolute atomic E-state index is 0.262. The van der Waals surface area contributed by atoms with Crippen molar-refractivity contribution in [2.45, 2.75) is 9.71 Å². The van der Waals surface area contributed by atoms with Gasteiger partial charge in [-0.1, -0.05) is 47.5 Å². The molecule has 1 aliphatic carbocycles. The van der Waals surface area contributed by atoms with E-state index in [1.54, 1.807) is 0 Å². The third-order valence-corrected chi connectivity index (χ3v) is 3.54. The van der Waals surface area contributed by atoms with E-state index in [1.807, 2.05) is 24.3 Å². The average Bonchev–Trinajstić information content (AvgIpc) is 2.04. The van der Waals surface area contributed by atoms with Crippen LogP contribution in [0.3, 0.4) is 0 Å². The van der Waals surface area contributed by atoms with Crippen LogP contribution in [0.5, 0.6) is 0 Å². The van der Waals surface area contributed by atoms with Crippen LogP contribution >= 0.6 is 34.8 Å². The highest BCUT2D eigenvalue weighted by atomic mass is 35.5. The molecule has 1 aromatic rings. The minimum Gasteiger partial charge on any atom is -0.114 e. The van der Waals surface area contributed by atoms with Crippen molar-refractivity contribution in [3.05, 3.63) is 35.4 Å². The second-order valence-electron chi connectivity index (χ2n) is 2.57. The Kier molecular flexibility index (Phi) is 1.61. The van der Waals surface area contributed by atoms with Crippen molar-refractivity contribution in [1.29, 1.82) is 0 Å². The summed E-state index contributed by atoms with van der Waals surface area (Å²) in [6.45, 7) is 0. The maximum absolute atomic E-state index is 5.92. The standard InChI is InChI=1S/C8H5Cl3/c9-7-5-3-1-2-4-6(5)8(7,10)11/h1-4,7H. The van der Waals surface area contributed by atoms with Crippen LogP contribution in [-0.4, -0.2) is 0 Å². The molecule has 2 rings (SSSR count). The third kappa shape index (κ3) is 0.900. The molecule has 0 spiro atoms. The van der Waals surface area contributed by atoms with Crippen molar-refractivity contribution in [2.24, 2.45) is 0 Å². The van der Waals surface area contributed by atoms with E-state index in [0.29, 0.717) is 0 Å². The van der Waals surface area contributed by atoms with Gasteiger partial charge < -0.3 is 0 Å². The Bertz CT molecular complexity index is 293. The third-order valence-electron chi connectivity index (χ3n) is 1.91. The molecule has 0 nitrogen and oxygen atoms in total. The molecule has 0 heterocycles. The molecule has 0 amide bonds. The van der Waals surface area contributed by atoms with Gasteiger partial charge in [-0.25, -0.2) is 0 Å². The molecule has 0 fully saturated rings. The van der Waals surface area contributed by atoms with Gasteiger partial charge in [-0.05, 0) is 11.1 Å².